The van der Waals surface area contributed by atoms with E-state index in [-0.39, 0.29) is 5.54 Å². The normalized spacial score (nSPS) is 11.5. The summed E-state index contributed by atoms with van der Waals surface area (Å²) in [5.74, 6) is 1.09. The number of hydrogen-bond acceptors (Lipinski definition) is 3. The minimum atomic E-state index is 0.121. The summed E-state index contributed by atoms with van der Waals surface area (Å²) in [6.45, 7) is 7.19. The van der Waals surface area contributed by atoms with E-state index in [1.54, 1.807) is 19.2 Å². The molecule has 0 aliphatic rings. The summed E-state index contributed by atoms with van der Waals surface area (Å²) < 4.78 is 5.16. The predicted octanol–water partition coefficient (Wildman–Crippen LogP) is 3.07. The lowest BCUT2D eigenvalue weighted by molar-refractivity contribution is 0.326. The molecule has 0 unspecified atom stereocenters. The highest BCUT2D eigenvalue weighted by molar-refractivity contribution is 5.39. The van der Waals surface area contributed by atoms with E-state index in [0.717, 1.165) is 24.2 Å². The monoisotopic (exact) mass is 237 g/mol. The highest BCUT2D eigenvalue weighted by Crippen LogP contribution is 2.24. The van der Waals surface area contributed by atoms with Gasteiger partial charge in [0.2, 0.25) is 0 Å². The first-order valence-electron chi connectivity index (χ1n) is 6.15. The Hall–Kier alpha value is -1.22. The number of phenolic OH excluding ortho intramolecular Hbond substituents is 1. The summed E-state index contributed by atoms with van der Waals surface area (Å²) >= 11 is 0. The van der Waals surface area contributed by atoms with Gasteiger partial charge in [-0.1, -0.05) is 13.8 Å². The van der Waals surface area contributed by atoms with Crippen molar-refractivity contribution in [1.29, 1.82) is 0 Å². The van der Waals surface area contributed by atoms with Gasteiger partial charge in [-0.15, -0.1) is 0 Å². The maximum atomic E-state index is 9.78. The number of benzene rings is 1. The van der Waals surface area contributed by atoms with Gasteiger partial charge in [0, 0.05) is 17.6 Å². The third-order valence-electron chi connectivity index (χ3n) is 3.55. The van der Waals surface area contributed by atoms with Crippen molar-refractivity contribution < 1.29 is 9.84 Å². The van der Waals surface area contributed by atoms with E-state index in [0.29, 0.717) is 12.3 Å². The lowest BCUT2D eigenvalue weighted by atomic mass is 9.95. The lowest BCUT2D eigenvalue weighted by Crippen LogP contribution is -2.40. The number of ether oxygens (including phenoxy) is 1. The number of aromatic hydroxyl groups is 1. The second-order valence-corrected chi connectivity index (χ2v) is 4.62. The molecule has 1 aromatic rings. The van der Waals surface area contributed by atoms with Crippen LogP contribution in [0, 0.1) is 0 Å². The smallest absolute Gasteiger partial charge is 0.120 e. The minimum absolute atomic E-state index is 0.121. The van der Waals surface area contributed by atoms with E-state index < -0.39 is 0 Å². The lowest BCUT2D eigenvalue weighted by Gasteiger charge is -2.28. The summed E-state index contributed by atoms with van der Waals surface area (Å²) in [4.78, 5) is 0. The van der Waals surface area contributed by atoms with Gasteiger partial charge < -0.3 is 15.2 Å². The quantitative estimate of drug-likeness (QED) is 0.799. The molecule has 0 saturated carbocycles. The largest absolute Gasteiger partial charge is 0.508 e. The molecular formula is C14H23NO2. The summed E-state index contributed by atoms with van der Waals surface area (Å²) in [6.07, 6.45) is 2.13. The van der Waals surface area contributed by atoms with Crippen molar-refractivity contribution in [3.8, 4) is 11.5 Å². The Morgan fingerprint density at radius 2 is 1.94 bits per heavy atom. The fourth-order valence-corrected chi connectivity index (χ4v) is 1.64. The average Bonchev–Trinajstić information content (AvgIpc) is 2.37. The number of rotatable bonds is 6. The molecule has 0 spiro atoms. The molecule has 3 heteroatoms. The van der Waals surface area contributed by atoms with Gasteiger partial charge in [-0.3, -0.25) is 0 Å². The van der Waals surface area contributed by atoms with Crippen LogP contribution >= 0.6 is 0 Å². The predicted molar refractivity (Wildman–Crippen MR) is 70.5 cm³/mol. The number of methoxy groups -OCH3 is 1. The van der Waals surface area contributed by atoms with Crippen LogP contribution < -0.4 is 10.1 Å². The fourth-order valence-electron chi connectivity index (χ4n) is 1.64. The fraction of sp³-hybridized carbons (Fsp3) is 0.571. The molecule has 1 aromatic carbocycles. The Balaban J connectivity index is 2.74. The van der Waals surface area contributed by atoms with Crippen LogP contribution in [0.5, 0.6) is 11.5 Å². The second-order valence-electron chi connectivity index (χ2n) is 4.62. The molecule has 0 aliphatic heterocycles. The zero-order valence-electron chi connectivity index (χ0n) is 11.2. The van der Waals surface area contributed by atoms with Crippen molar-refractivity contribution in [2.24, 2.45) is 0 Å². The molecule has 0 aliphatic carbocycles. The molecule has 96 valence electrons. The van der Waals surface area contributed by atoms with Crippen LogP contribution in [0.15, 0.2) is 18.2 Å². The van der Waals surface area contributed by atoms with Crippen LogP contribution in [0.1, 0.15) is 39.2 Å². The van der Waals surface area contributed by atoms with Gasteiger partial charge in [0.05, 0.1) is 7.11 Å². The van der Waals surface area contributed by atoms with Crippen molar-refractivity contribution >= 4 is 0 Å². The summed E-state index contributed by atoms with van der Waals surface area (Å²) in [6, 6.07) is 5.30. The number of hydrogen-bond donors (Lipinski definition) is 2. The van der Waals surface area contributed by atoms with Gasteiger partial charge in [-0.25, -0.2) is 0 Å². The SMILES string of the molecule is CCC(C)(CC)NCc1cc(OC)ccc1O. The Kier molecular flexibility index (Phi) is 4.82. The van der Waals surface area contributed by atoms with E-state index in [2.05, 4.69) is 26.1 Å². The molecule has 0 aromatic heterocycles. The van der Waals surface area contributed by atoms with Crippen molar-refractivity contribution in [2.75, 3.05) is 7.11 Å². The molecule has 0 heterocycles. The first-order valence-corrected chi connectivity index (χ1v) is 6.15. The zero-order valence-corrected chi connectivity index (χ0v) is 11.2. The Morgan fingerprint density at radius 1 is 1.29 bits per heavy atom. The maximum Gasteiger partial charge on any atom is 0.120 e. The van der Waals surface area contributed by atoms with Crippen molar-refractivity contribution in [3.05, 3.63) is 23.8 Å². The molecule has 0 amide bonds. The molecule has 1 rings (SSSR count). The first kappa shape index (κ1) is 13.8. The summed E-state index contributed by atoms with van der Waals surface area (Å²) in [5.41, 5.74) is 0.993. The topological polar surface area (TPSA) is 41.5 Å². The Bertz CT molecular complexity index is 359. The minimum Gasteiger partial charge on any atom is -0.508 e. The molecule has 2 N–H and O–H groups in total. The van der Waals surface area contributed by atoms with Crippen LogP contribution in [0.2, 0.25) is 0 Å². The first-order chi connectivity index (χ1) is 8.04. The standard InChI is InChI=1S/C14H23NO2/c1-5-14(3,6-2)15-10-11-9-12(17-4)7-8-13(11)16/h7-9,15-16H,5-6,10H2,1-4H3. The molecule has 17 heavy (non-hydrogen) atoms. The van der Waals surface area contributed by atoms with E-state index >= 15 is 0 Å². The average molecular weight is 237 g/mol. The zero-order chi connectivity index (χ0) is 12.9. The Labute approximate surface area is 104 Å². The van der Waals surface area contributed by atoms with Gasteiger partial charge in [-0.2, -0.15) is 0 Å². The number of phenols is 1. The van der Waals surface area contributed by atoms with E-state index in [4.69, 9.17) is 4.74 Å². The molecular weight excluding hydrogens is 214 g/mol. The molecule has 0 bridgehead atoms. The molecule has 0 fully saturated rings. The summed E-state index contributed by atoms with van der Waals surface area (Å²) in [5, 5.41) is 13.3. The van der Waals surface area contributed by atoms with Gasteiger partial charge in [-0.05, 0) is 38.0 Å². The van der Waals surface area contributed by atoms with Crippen molar-refractivity contribution in [1.82, 2.24) is 5.32 Å². The molecule has 0 atom stereocenters. The third kappa shape index (κ3) is 3.63. The van der Waals surface area contributed by atoms with Gasteiger partial charge in [0.25, 0.3) is 0 Å². The third-order valence-corrected chi connectivity index (χ3v) is 3.55. The Morgan fingerprint density at radius 3 is 2.47 bits per heavy atom. The number of nitrogens with one attached hydrogen (secondary N) is 1. The highest BCUT2D eigenvalue weighted by atomic mass is 16.5. The second kappa shape index (κ2) is 5.92. The van der Waals surface area contributed by atoms with Crippen LogP contribution in [0.4, 0.5) is 0 Å². The summed E-state index contributed by atoms with van der Waals surface area (Å²) in [7, 11) is 1.63. The molecule has 0 saturated heterocycles. The van der Waals surface area contributed by atoms with Gasteiger partial charge in [0.1, 0.15) is 11.5 Å². The van der Waals surface area contributed by atoms with Crippen molar-refractivity contribution in [2.45, 2.75) is 45.7 Å². The highest BCUT2D eigenvalue weighted by Gasteiger charge is 2.18. The van der Waals surface area contributed by atoms with Crippen LogP contribution in [-0.4, -0.2) is 17.8 Å². The van der Waals surface area contributed by atoms with Gasteiger partial charge in [0.15, 0.2) is 0 Å². The van der Waals surface area contributed by atoms with Crippen LogP contribution in [-0.2, 0) is 6.54 Å². The van der Waals surface area contributed by atoms with E-state index in [9.17, 15) is 5.11 Å². The van der Waals surface area contributed by atoms with E-state index in [1.165, 1.54) is 0 Å². The van der Waals surface area contributed by atoms with Crippen LogP contribution in [0.25, 0.3) is 0 Å². The van der Waals surface area contributed by atoms with Gasteiger partial charge >= 0.3 is 0 Å². The maximum absolute atomic E-state index is 9.78. The van der Waals surface area contributed by atoms with Crippen LogP contribution in [0.3, 0.4) is 0 Å². The molecule has 3 nitrogen and oxygen atoms in total. The van der Waals surface area contributed by atoms with Crippen molar-refractivity contribution in [3.63, 3.8) is 0 Å². The van der Waals surface area contributed by atoms with E-state index in [1.807, 2.05) is 6.07 Å². The molecule has 0 radical (unpaired) electrons.